The number of amides is 1. The maximum atomic E-state index is 12.4. The van der Waals surface area contributed by atoms with Crippen molar-refractivity contribution < 1.29 is 14.6 Å². The zero-order valence-corrected chi connectivity index (χ0v) is 13.7. The smallest absolute Gasteiger partial charge is 0.410 e. The van der Waals surface area contributed by atoms with E-state index in [2.05, 4.69) is 13.8 Å². The van der Waals surface area contributed by atoms with Crippen molar-refractivity contribution in [3.63, 3.8) is 0 Å². The lowest BCUT2D eigenvalue weighted by molar-refractivity contribution is 0.00904. The molecule has 2 unspecified atom stereocenters. The molecule has 4 nitrogen and oxygen atoms in total. The molecule has 0 saturated carbocycles. The molecule has 1 rings (SSSR count). The van der Waals surface area contributed by atoms with Gasteiger partial charge in [0.25, 0.3) is 0 Å². The fourth-order valence-electron chi connectivity index (χ4n) is 3.24. The lowest BCUT2D eigenvalue weighted by Gasteiger charge is -2.36. The Bertz CT molecular complexity index is 324. The Hall–Kier alpha value is -0.770. The van der Waals surface area contributed by atoms with E-state index >= 15 is 0 Å². The summed E-state index contributed by atoms with van der Waals surface area (Å²) < 4.78 is 5.55. The second kappa shape index (κ2) is 6.79. The summed E-state index contributed by atoms with van der Waals surface area (Å²) in [5.41, 5.74) is -0.551. The second-order valence-corrected chi connectivity index (χ2v) is 7.27. The van der Waals surface area contributed by atoms with Crippen LogP contribution < -0.4 is 0 Å². The van der Waals surface area contributed by atoms with E-state index < -0.39 is 5.60 Å². The number of likely N-dealkylation sites (tertiary alicyclic amines) is 1. The van der Waals surface area contributed by atoms with E-state index in [-0.39, 0.29) is 18.2 Å². The van der Waals surface area contributed by atoms with Crippen molar-refractivity contribution in [2.24, 2.45) is 5.92 Å². The first-order valence-electron chi connectivity index (χ1n) is 7.83. The highest BCUT2D eigenvalue weighted by Gasteiger charge is 2.44. The Morgan fingerprint density at radius 2 is 2.10 bits per heavy atom. The predicted molar refractivity (Wildman–Crippen MR) is 80.7 cm³/mol. The van der Waals surface area contributed by atoms with Crippen molar-refractivity contribution in [2.75, 3.05) is 13.2 Å². The Balaban J connectivity index is 2.76. The molecule has 4 heteroatoms. The first-order valence-corrected chi connectivity index (χ1v) is 7.83. The quantitative estimate of drug-likeness (QED) is 0.840. The van der Waals surface area contributed by atoms with Crippen LogP contribution in [0.1, 0.15) is 66.7 Å². The van der Waals surface area contributed by atoms with Crippen molar-refractivity contribution in [1.29, 1.82) is 0 Å². The molecule has 0 bridgehead atoms. The summed E-state index contributed by atoms with van der Waals surface area (Å²) in [6, 6.07) is 0. The van der Waals surface area contributed by atoms with Crippen LogP contribution in [-0.4, -0.2) is 40.4 Å². The molecule has 2 atom stereocenters. The fraction of sp³-hybridized carbons (Fsp3) is 0.938. The Labute approximate surface area is 123 Å². The van der Waals surface area contributed by atoms with E-state index in [1.54, 1.807) is 0 Å². The van der Waals surface area contributed by atoms with Gasteiger partial charge in [0, 0.05) is 18.7 Å². The first-order chi connectivity index (χ1) is 9.22. The van der Waals surface area contributed by atoms with Crippen molar-refractivity contribution in [1.82, 2.24) is 4.90 Å². The lowest BCUT2D eigenvalue weighted by atomic mass is 9.88. The zero-order valence-electron chi connectivity index (χ0n) is 13.7. The number of carbonyl (C=O) groups is 1. The number of ether oxygens (including phenoxy) is 1. The molecule has 1 aliphatic heterocycles. The van der Waals surface area contributed by atoms with Gasteiger partial charge >= 0.3 is 6.09 Å². The molecule has 0 aromatic heterocycles. The maximum absolute atomic E-state index is 12.4. The summed E-state index contributed by atoms with van der Waals surface area (Å²) in [5, 5.41) is 8.98. The van der Waals surface area contributed by atoms with Crippen molar-refractivity contribution in [2.45, 2.75) is 77.9 Å². The highest BCUT2D eigenvalue weighted by atomic mass is 16.6. The minimum atomic E-state index is -0.451. The van der Waals surface area contributed by atoms with Crippen LogP contribution in [0.15, 0.2) is 0 Å². The third kappa shape index (κ3) is 4.65. The molecule has 1 fully saturated rings. The number of nitrogens with zero attached hydrogens (tertiary/aromatic N) is 1. The summed E-state index contributed by atoms with van der Waals surface area (Å²) in [4.78, 5) is 14.3. The minimum absolute atomic E-state index is 0.1000. The summed E-state index contributed by atoms with van der Waals surface area (Å²) >= 11 is 0. The summed E-state index contributed by atoms with van der Waals surface area (Å²) in [5.74, 6) is 0.478. The zero-order chi connectivity index (χ0) is 15.4. The highest BCUT2D eigenvalue weighted by molar-refractivity contribution is 5.69. The molecular formula is C16H31NO3. The van der Waals surface area contributed by atoms with Gasteiger partial charge in [-0.15, -0.1) is 0 Å². The lowest BCUT2D eigenvalue weighted by Crippen LogP contribution is -2.47. The van der Waals surface area contributed by atoms with Gasteiger partial charge in [0.1, 0.15) is 5.60 Å². The van der Waals surface area contributed by atoms with E-state index in [4.69, 9.17) is 9.84 Å². The Morgan fingerprint density at radius 1 is 1.45 bits per heavy atom. The highest BCUT2D eigenvalue weighted by Crippen LogP contribution is 2.39. The summed E-state index contributed by atoms with van der Waals surface area (Å²) in [7, 11) is 0. The predicted octanol–water partition coefficient (Wildman–Crippen LogP) is 3.57. The molecule has 0 spiro atoms. The monoisotopic (exact) mass is 285 g/mol. The number of aliphatic hydroxyl groups excluding tert-OH is 1. The van der Waals surface area contributed by atoms with E-state index in [0.29, 0.717) is 5.92 Å². The molecule has 20 heavy (non-hydrogen) atoms. The third-order valence-corrected chi connectivity index (χ3v) is 3.99. The van der Waals surface area contributed by atoms with Gasteiger partial charge in [-0.1, -0.05) is 13.3 Å². The first kappa shape index (κ1) is 17.3. The number of hydrogen-bond donors (Lipinski definition) is 1. The van der Waals surface area contributed by atoms with Crippen molar-refractivity contribution in [3.8, 4) is 0 Å². The van der Waals surface area contributed by atoms with E-state index in [9.17, 15) is 4.79 Å². The number of aliphatic hydroxyl groups is 1. The summed E-state index contributed by atoms with van der Waals surface area (Å²) in [6.07, 6.45) is 4.68. The average molecular weight is 285 g/mol. The molecule has 1 aliphatic rings. The van der Waals surface area contributed by atoms with Gasteiger partial charge in [0.05, 0.1) is 0 Å². The molecule has 0 aromatic carbocycles. The van der Waals surface area contributed by atoms with E-state index in [0.717, 1.165) is 38.6 Å². The number of hydrogen-bond acceptors (Lipinski definition) is 3. The third-order valence-electron chi connectivity index (χ3n) is 3.99. The largest absolute Gasteiger partial charge is 0.444 e. The molecular weight excluding hydrogens is 254 g/mol. The Kier molecular flexibility index (Phi) is 5.87. The average Bonchev–Trinajstić information content (AvgIpc) is 2.62. The molecule has 0 radical (unpaired) electrons. The van der Waals surface area contributed by atoms with Crippen LogP contribution in [0.4, 0.5) is 4.79 Å². The standard InChI is InChI=1S/C16H31NO3/c1-6-9-16(5)11-13(8-7-10-18)12-17(16)14(19)20-15(2,3)4/h13,18H,6-12H2,1-5H3. The topological polar surface area (TPSA) is 49.8 Å². The molecule has 1 N–H and O–H groups in total. The van der Waals surface area contributed by atoms with Gasteiger partial charge in [-0.25, -0.2) is 4.79 Å². The van der Waals surface area contributed by atoms with E-state index in [1.807, 2.05) is 25.7 Å². The molecule has 0 aromatic rings. The van der Waals surface area contributed by atoms with Crippen LogP contribution in [0.5, 0.6) is 0 Å². The molecule has 0 aliphatic carbocycles. The number of carbonyl (C=O) groups excluding carboxylic acids is 1. The van der Waals surface area contributed by atoms with Gasteiger partial charge in [-0.2, -0.15) is 0 Å². The van der Waals surface area contributed by atoms with Crippen LogP contribution in [0.2, 0.25) is 0 Å². The van der Waals surface area contributed by atoms with Gasteiger partial charge in [0.2, 0.25) is 0 Å². The van der Waals surface area contributed by atoms with Crippen LogP contribution in [0.3, 0.4) is 0 Å². The van der Waals surface area contributed by atoms with Crippen LogP contribution in [0.25, 0.3) is 0 Å². The van der Waals surface area contributed by atoms with Crippen LogP contribution in [-0.2, 0) is 4.74 Å². The van der Waals surface area contributed by atoms with Crippen molar-refractivity contribution in [3.05, 3.63) is 0 Å². The Morgan fingerprint density at radius 3 is 2.60 bits per heavy atom. The number of rotatable bonds is 5. The fourth-order valence-corrected chi connectivity index (χ4v) is 3.24. The minimum Gasteiger partial charge on any atom is -0.444 e. The SMILES string of the molecule is CCCC1(C)CC(CCCO)CN1C(=O)OC(C)(C)C. The molecule has 118 valence electrons. The molecule has 1 amide bonds. The van der Waals surface area contributed by atoms with Gasteiger partial charge < -0.3 is 14.7 Å². The van der Waals surface area contributed by atoms with Gasteiger partial charge in [-0.3, -0.25) is 0 Å². The van der Waals surface area contributed by atoms with Crippen LogP contribution >= 0.6 is 0 Å². The maximum Gasteiger partial charge on any atom is 0.410 e. The van der Waals surface area contributed by atoms with Crippen molar-refractivity contribution >= 4 is 6.09 Å². The molecule has 1 saturated heterocycles. The van der Waals surface area contributed by atoms with Gasteiger partial charge in [0.15, 0.2) is 0 Å². The molecule has 1 heterocycles. The summed E-state index contributed by atoms with van der Waals surface area (Å²) in [6.45, 7) is 11.0. The van der Waals surface area contributed by atoms with E-state index in [1.165, 1.54) is 0 Å². The second-order valence-electron chi connectivity index (χ2n) is 7.27. The van der Waals surface area contributed by atoms with Crippen LogP contribution in [0, 0.1) is 5.92 Å². The normalized spacial score (nSPS) is 26.9. The van der Waals surface area contributed by atoms with Gasteiger partial charge in [-0.05, 0) is 59.3 Å².